The van der Waals surface area contributed by atoms with Crippen molar-refractivity contribution in [2.24, 2.45) is 0 Å². The number of benzene rings is 1. The Bertz CT molecular complexity index is 514. The highest BCUT2D eigenvalue weighted by atomic mass is 16.5. The van der Waals surface area contributed by atoms with Gasteiger partial charge in [-0.15, -0.1) is 0 Å². The number of β-amino-alcohol motifs (C(OH)–C–C–N with tert-alkyl or cyclic N) is 1. The van der Waals surface area contributed by atoms with Crippen LogP contribution in [0.15, 0.2) is 18.2 Å². The van der Waals surface area contributed by atoms with E-state index in [0.29, 0.717) is 31.0 Å². The van der Waals surface area contributed by atoms with Gasteiger partial charge in [-0.1, -0.05) is 19.1 Å². The fourth-order valence-electron chi connectivity index (χ4n) is 2.85. The first-order chi connectivity index (χ1) is 9.08. The third-order valence-electron chi connectivity index (χ3n) is 4.22. The average Bonchev–Trinajstić information content (AvgIpc) is 2.94. The highest BCUT2D eigenvalue weighted by molar-refractivity contribution is 5.97. The Hall–Kier alpha value is -1.55. The van der Waals surface area contributed by atoms with Gasteiger partial charge in [0.1, 0.15) is 11.9 Å². The van der Waals surface area contributed by atoms with Crippen molar-refractivity contribution in [1.29, 1.82) is 0 Å². The lowest BCUT2D eigenvalue weighted by Crippen LogP contribution is -2.29. The summed E-state index contributed by atoms with van der Waals surface area (Å²) in [6.45, 7) is 5.19. The lowest BCUT2D eigenvalue weighted by atomic mass is 9.96. The van der Waals surface area contributed by atoms with Crippen molar-refractivity contribution in [2.75, 3.05) is 13.1 Å². The fourth-order valence-corrected chi connectivity index (χ4v) is 2.85. The molecule has 102 valence electrons. The maximum absolute atomic E-state index is 12.5. The summed E-state index contributed by atoms with van der Waals surface area (Å²) < 4.78 is 5.85. The van der Waals surface area contributed by atoms with Gasteiger partial charge in [0, 0.05) is 24.6 Å². The SMILES string of the molecule is CC1Oc2c(C(=O)N3CC[C@@H](O)C3)cccc2C1C. The topological polar surface area (TPSA) is 49.8 Å². The highest BCUT2D eigenvalue weighted by Gasteiger charge is 2.33. The van der Waals surface area contributed by atoms with Crippen LogP contribution in [0.4, 0.5) is 0 Å². The lowest BCUT2D eigenvalue weighted by molar-refractivity contribution is 0.0760. The van der Waals surface area contributed by atoms with Gasteiger partial charge in [-0.25, -0.2) is 0 Å². The maximum Gasteiger partial charge on any atom is 0.257 e. The molecule has 4 heteroatoms. The summed E-state index contributed by atoms with van der Waals surface area (Å²) in [6, 6.07) is 5.76. The zero-order chi connectivity index (χ0) is 13.6. The van der Waals surface area contributed by atoms with Crippen LogP contribution in [0.5, 0.6) is 5.75 Å². The second kappa shape index (κ2) is 4.53. The van der Waals surface area contributed by atoms with Gasteiger partial charge in [-0.2, -0.15) is 0 Å². The van der Waals surface area contributed by atoms with Crippen LogP contribution in [0, 0.1) is 0 Å². The Balaban J connectivity index is 1.93. The number of rotatable bonds is 1. The van der Waals surface area contributed by atoms with Gasteiger partial charge < -0.3 is 14.7 Å². The molecule has 0 aliphatic carbocycles. The molecule has 3 atom stereocenters. The summed E-state index contributed by atoms with van der Waals surface area (Å²) >= 11 is 0. The van der Waals surface area contributed by atoms with Crippen LogP contribution in [0.25, 0.3) is 0 Å². The first kappa shape index (κ1) is 12.5. The van der Waals surface area contributed by atoms with Gasteiger partial charge in [0.25, 0.3) is 5.91 Å². The Labute approximate surface area is 113 Å². The van der Waals surface area contributed by atoms with E-state index in [9.17, 15) is 9.90 Å². The molecule has 3 rings (SSSR count). The molecule has 2 aliphatic rings. The summed E-state index contributed by atoms with van der Waals surface area (Å²) in [7, 11) is 0. The Morgan fingerprint density at radius 1 is 1.42 bits per heavy atom. The van der Waals surface area contributed by atoms with Gasteiger partial charge in [0.2, 0.25) is 0 Å². The van der Waals surface area contributed by atoms with Crippen molar-refractivity contribution >= 4 is 5.91 Å². The van der Waals surface area contributed by atoms with Crippen LogP contribution in [-0.4, -0.2) is 41.2 Å². The molecule has 0 spiro atoms. The number of aliphatic hydroxyl groups is 1. The molecule has 1 fully saturated rings. The Morgan fingerprint density at radius 3 is 2.89 bits per heavy atom. The normalized spacial score (nSPS) is 29.2. The third kappa shape index (κ3) is 2.00. The minimum Gasteiger partial charge on any atom is -0.489 e. The number of nitrogens with zero attached hydrogens (tertiary/aromatic N) is 1. The van der Waals surface area contributed by atoms with Crippen LogP contribution in [0.1, 0.15) is 42.1 Å². The van der Waals surface area contributed by atoms with Crippen molar-refractivity contribution in [3.8, 4) is 5.75 Å². The Morgan fingerprint density at radius 2 is 2.21 bits per heavy atom. The molecule has 1 N–H and O–H groups in total. The summed E-state index contributed by atoms with van der Waals surface area (Å²) in [4.78, 5) is 14.2. The van der Waals surface area contributed by atoms with Crippen LogP contribution in [0.2, 0.25) is 0 Å². The Kier molecular flexibility index (Phi) is 2.97. The van der Waals surface area contributed by atoms with E-state index in [0.717, 1.165) is 11.3 Å². The molecule has 0 saturated carbocycles. The van der Waals surface area contributed by atoms with Crippen molar-refractivity contribution < 1.29 is 14.6 Å². The van der Waals surface area contributed by atoms with Crippen LogP contribution >= 0.6 is 0 Å². The molecule has 1 aromatic carbocycles. The van der Waals surface area contributed by atoms with E-state index >= 15 is 0 Å². The molecule has 2 aliphatic heterocycles. The molecule has 0 bridgehead atoms. The molecular weight excluding hydrogens is 242 g/mol. The number of para-hydroxylation sites is 1. The molecular formula is C15H19NO3. The van der Waals surface area contributed by atoms with Crippen molar-refractivity contribution in [2.45, 2.75) is 38.4 Å². The highest BCUT2D eigenvalue weighted by Crippen LogP contribution is 2.40. The van der Waals surface area contributed by atoms with Gasteiger partial charge in [-0.05, 0) is 19.4 Å². The smallest absolute Gasteiger partial charge is 0.257 e. The quantitative estimate of drug-likeness (QED) is 0.838. The number of hydrogen-bond donors (Lipinski definition) is 1. The number of ether oxygens (including phenoxy) is 1. The van der Waals surface area contributed by atoms with E-state index in [1.807, 2.05) is 25.1 Å². The largest absolute Gasteiger partial charge is 0.489 e. The van der Waals surface area contributed by atoms with E-state index in [1.165, 1.54) is 0 Å². The van der Waals surface area contributed by atoms with Crippen LogP contribution in [-0.2, 0) is 0 Å². The second-order valence-electron chi connectivity index (χ2n) is 5.53. The standard InChI is InChI=1S/C15H19NO3/c1-9-10(2)19-14-12(9)4-3-5-13(14)15(18)16-7-6-11(17)8-16/h3-5,9-11,17H,6-8H2,1-2H3/t9?,10?,11-/m1/s1. The second-order valence-corrected chi connectivity index (χ2v) is 5.53. The zero-order valence-electron chi connectivity index (χ0n) is 11.3. The molecule has 1 saturated heterocycles. The average molecular weight is 261 g/mol. The van der Waals surface area contributed by atoms with Crippen LogP contribution in [0.3, 0.4) is 0 Å². The summed E-state index contributed by atoms with van der Waals surface area (Å²) in [5, 5.41) is 9.55. The maximum atomic E-state index is 12.5. The molecule has 0 aromatic heterocycles. The number of likely N-dealkylation sites (tertiary alicyclic amines) is 1. The number of carbonyl (C=O) groups is 1. The predicted molar refractivity (Wildman–Crippen MR) is 71.5 cm³/mol. The summed E-state index contributed by atoms with van der Waals surface area (Å²) in [5.41, 5.74) is 1.74. The lowest BCUT2D eigenvalue weighted by Gasteiger charge is -2.17. The molecule has 2 heterocycles. The molecule has 1 amide bonds. The van der Waals surface area contributed by atoms with Crippen molar-refractivity contribution in [1.82, 2.24) is 4.90 Å². The first-order valence-electron chi connectivity index (χ1n) is 6.85. The number of fused-ring (bicyclic) bond motifs is 1. The summed E-state index contributed by atoms with van der Waals surface area (Å²) in [5.74, 6) is 1.01. The predicted octanol–water partition coefficient (Wildman–Crippen LogP) is 1.78. The van der Waals surface area contributed by atoms with Crippen molar-refractivity contribution in [3.05, 3.63) is 29.3 Å². The molecule has 4 nitrogen and oxygen atoms in total. The molecule has 2 unspecified atom stereocenters. The number of amides is 1. The number of hydrogen-bond acceptors (Lipinski definition) is 3. The molecule has 0 radical (unpaired) electrons. The summed E-state index contributed by atoms with van der Waals surface area (Å²) in [6.07, 6.45) is 0.377. The van der Waals surface area contributed by atoms with E-state index in [4.69, 9.17) is 4.74 Å². The molecule has 1 aromatic rings. The number of carbonyl (C=O) groups excluding carboxylic acids is 1. The minimum absolute atomic E-state index is 0.0327. The van der Waals surface area contributed by atoms with Crippen LogP contribution < -0.4 is 4.74 Å². The van der Waals surface area contributed by atoms with E-state index in [-0.39, 0.29) is 18.1 Å². The zero-order valence-corrected chi connectivity index (χ0v) is 11.3. The monoisotopic (exact) mass is 261 g/mol. The third-order valence-corrected chi connectivity index (χ3v) is 4.22. The van der Waals surface area contributed by atoms with Gasteiger partial charge in [0.05, 0.1) is 11.7 Å². The number of aliphatic hydroxyl groups excluding tert-OH is 1. The van der Waals surface area contributed by atoms with E-state index < -0.39 is 0 Å². The van der Waals surface area contributed by atoms with Gasteiger partial charge >= 0.3 is 0 Å². The fraction of sp³-hybridized carbons (Fsp3) is 0.533. The van der Waals surface area contributed by atoms with Gasteiger partial charge in [0.15, 0.2) is 0 Å². The van der Waals surface area contributed by atoms with Gasteiger partial charge in [-0.3, -0.25) is 4.79 Å². The first-order valence-corrected chi connectivity index (χ1v) is 6.85. The minimum atomic E-state index is -0.389. The molecule has 19 heavy (non-hydrogen) atoms. The van der Waals surface area contributed by atoms with Crippen molar-refractivity contribution in [3.63, 3.8) is 0 Å². The van der Waals surface area contributed by atoms with E-state index in [2.05, 4.69) is 6.92 Å². The van der Waals surface area contributed by atoms with E-state index in [1.54, 1.807) is 4.90 Å².